The molecule has 0 radical (unpaired) electrons. The van der Waals surface area contributed by atoms with Crippen molar-refractivity contribution in [1.82, 2.24) is 5.32 Å². The molecule has 0 atom stereocenters. The third-order valence-corrected chi connectivity index (χ3v) is 5.21. The molecule has 3 rings (SSSR count). The third-order valence-electron chi connectivity index (χ3n) is 4.30. The van der Waals surface area contributed by atoms with E-state index in [9.17, 15) is 14.4 Å². The van der Waals surface area contributed by atoms with E-state index in [1.165, 1.54) is 18.3 Å². The summed E-state index contributed by atoms with van der Waals surface area (Å²) in [5.41, 5.74) is 2.85. The van der Waals surface area contributed by atoms with E-state index in [-0.39, 0.29) is 17.8 Å². The Balaban J connectivity index is 1.74. The Bertz CT molecular complexity index is 853. The highest BCUT2D eigenvalue weighted by molar-refractivity contribution is 7.15. The fourth-order valence-corrected chi connectivity index (χ4v) is 3.77. The summed E-state index contributed by atoms with van der Waals surface area (Å²) < 4.78 is 5.18. The summed E-state index contributed by atoms with van der Waals surface area (Å²) in [6, 6.07) is 6.99. The van der Waals surface area contributed by atoms with Crippen LogP contribution in [0.5, 0.6) is 0 Å². The number of hydrogen-bond acceptors (Lipinski definition) is 5. The SMILES string of the molecule is CCOC(=O)c1c(C2CC2)csc1NC(=O)c1ccc(CNC(C)=O)cc1. The van der Waals surface area contributed by atoms with E-state index in [4.69, 9.17) is 4.74 Å². The number of esters is 1. The second-order valence-electron chi connectivity index (χ2n) is 6.45. The standard InChI is InChI=1S/C20H22N2O4S/c1-3-26-20(25)17-16(14-8-9-14)11-27-19(17)22-18(24)15-6-4-13(5-7-15)10-21-12(2)23/h4-7,11,14H,3,8-10H2,1-2H3,(H,21,23)(H,22,24). The van der Waals surface area contributed by atoms with Crippen molar-refractivity contribution in [3.05, 3.63) is 51.9 Å². The molecule has 6 nitrogen and oxygen atoms in total. The number of nitrogens with one attached hydrogen (secondary N) is 2. The predicted molar refractivity (Wildman–Crippen MR) is 104 cm³/mol. The predicted octanol–water partition coefficient (Wildman–Crippen LogP) is 3.69. The average molecular weight is 386 g/mol. The van der Waals surface area contributed by atoms with Gasteiger partial charge in [0.1, 0.15) is 5.00 Å². The van der Waals surface area contributed by atoms with Crippen LogP contribution in [0.3, 0.4) is 0 Å². The Kier molecular flexibility index (Phi) is 5.91. The zero-order valence-corrected chi connectivity index (χ0v) is 16.2. The van der Waals surface area contributed by atoms with Gasteiger partial charge >= 0.3 is 5.97 Å². The van der Waals surface area contributed by atoms with Gasteiger partial charge in [-0.15, -0.1) is 11.3 Å². The Morgan fingerprint density at radius 2 is 1.89 bits per heavy atom. The van der Waals surface area contributed by atoms with Crippen molar-refractivity contribution in [3.8, 4) is 0 Å². The molecule has 0 saturated heterocycles. The highest BCUT2D eigenvalue weighted by Gasteiger charge is 2.32. The highest BCUT2D eigenvalue weighted by atomic mass is 32.1. The molecule has 1 aromatic carbocycles. The smallest absolute Gasteiger partial charge is 0.341 e. The van der Waals surface area contributed by atoms with Crippen LogP contribution < -0.4 is 10.6 Å². The number of carbonyl (C=O) groups excluding carboxylic acids is 3. The van der Waals surface area contributed by atoms with Gasteiger partial charge in [0.2, 0.25) is 5.91 Å². The van der Waals surface area contributed by atoms with Gasteiger partial charge in [0.25, 0.3) is 5.91 Å². The maximum Gasteiger partial charge on any atom is 0.341 e. The first-order valence-electron chi connectivity index (χ1n) is 8.92. The summed E-state index contributed by atoms with van der Waals surface area (Å²) in [7, 11) is 0. The quantitative estimate of drug-likeness (QED) is 0.711. The van der Waals surface area contributed by atoms with Crippen LogP contribution in [0.2, 0.25) is 0 Å². The number of amides is 2. The van der Waals surface area contributed by atoms with Crippen molar-refractivity contribution in [2.24, 2.45) is 0 Å². The van der Waals surface area contributed by atoms with E-state index in [1.807, 2.05) is 5.38 Å². The Hall–Kier alpha value is -2.67. The van der Waals surface area contributed by atoms with Gasteiger partial charge in [0, 0.05) is 19.0 Å². The largest absolute Gasteiger partial charge is 0.462 e. The number of ether oxygens (including phenoxy) is 1. The molecular formula is C20H22N2O4S. The molecule has 0 unspecified atom stereocenters. The zero-order valence-electron chi connectivity index (χ0n) is 15.3. The molecule has 1 heterocycles. The van der Waals surface area contributed by atoms with Gasteiger partial charge in [0.05, 0.1) is 12.2 Å². The molecule has 27 heavy (non-hydrogen) atoms. The summed E-state index contributed by atoms with van der Waals surface area (Å²) in [5.74, 6) is -0.385. The normalized spacial score (nSPS) is 13.1. The Morgan fingerprint density at radius 1 is 1.19 bits per heavy atom. The van der Waals surface area contributed by atoms with Crippen molar-refractivity contribution in [2.45, 2.75) is 39.2 Å². The minimum absolute atomic E-state index is 0.104. The molecule has 1 aliphatic rings. The second kappa shape index (κ2) is 8.35. The molecular weight excluding hydrogens is 364 g/mol. The summed E-state index contributed by atoms with van der Waals surface area (Å²) in [4.78, 5) is 35.9. The molecule has 1 aromatic heterocycles. The Labute approximate surface area is 161 Å². The van der Waals surface area contributed by atoms with E-state index < -0.39 is 0 Å². The topological polar surface area (TPSA) is 84.5 Å². The van der Waals surface area contributed by atoms with Crippen LogP contribution in [0.4, 0.5) is 5.00 Å². The lowest BCUT2D eigenvalue weighted by molar-refractivity contribution is -0.119. The number of benzene rings is 1. The molecule has 1 saturated carbocycles. The minimum Gasteiger partial charge on any atom is -0.462 e. The van der Waals surface area contributed by atoms with E-state index in [0.29, 0.717) is 35.2 Å². The second-order valence-corrected chi connectivity index (χ2v) is 7.33. The van der Waals surface area contributed by atoms with Crippen molar-refractivity contribution < 1.29 is 19.1 Å². The van der Waals surface area contributed by atoms with Gasteiger partial charge in [-0.25, -0.2) is 4.79 Å². The molecule has 0 aliphatic heterocycles. The maximum absolute atomic E-state index is 12.6. The van der Waals surface area contributed by atoms with Gasteiger partial charge < -0.3 is 15.4 Å². The van der Waals surface area contributed by atoms with Gasteiger partial charge in [0.15, 0.2) is 0 Å². The van der Waals surface area contributed by atoms with Gasteiger partial charge in [-0.05, 0) is 54.3 Å². The molecule has 2 aromatic rings. The minimum atomic E-state index is -0.387. The number of anilines is 1. The van der Waals surface area contributed by atoms with Crippen LogP contribution in [0.25, 0.3) is 0 Å². The first-order chi connectivity index (χ1) is 13.0. The van der Waals surface area contributed by atoms with E-state index >= 15 is 0 Å². The van der Waals surface area contributed by atoms with Crippen molar-refractivity contribution in [1.29, 1.82) is 0 Å². The van der Waals surface area contributed by atoms with Crippen molar-refractivity contribution in [3.63, 3.8) is 0 Å². The molecule has 0 bridgehead atoms. The molecule has 142 valence electrons. The van der Waals surface area contributed by atoms with Gasteiger partial charge in [-0.2, -0.15) is 0 Å². The van der Waals surface area contributed by atoms with Crippen LogP contribution in [0.15, 0.2) is 29.6 Å². The highest BCUT2D eigenvalue weighted by Crippen LogP contribution is 2.46. The molecule has 7 heteroatoms. The molecule has 2 amide bonds. The van der Waals surface area contributed by atoms with Crippen LogP contribution in [-0.4, -0.2) is 24.4 Å². The Morgan fingerprint density at radius 3 is 2.48 bits per heavy atom. The summed E-state index contributed by atoms with van der Waals surface area (Å²) >= 11 is 1.36. The van der Waals surface area contributed by atoms with E-state index in [0.717, 1.165) is 24.0 Å². The third kappa shape index (κ3) is 4.74. The fraction of sp³-hybridized carbons (Fsp3) is 0.350. The molecule has 0 spiro atoms. The lowest BCUT2D eigenvalue weighted by Crippen LogP contribution is -2.19. The number of thiophene rings is 1. The summed E-state index contributed by atoms with van der Waals surface area (Å²) in [6.07, 6.45) is 2.12. The zero-order chi connectivity index (χ0) is 19.4. The monoisotopic (exact) mass is 386 g/mol. The van der Waals surface area contributed by atoms with Crippen LogP contribution in [0, 0.1) is 0 Å². The molecule has 2 N–H and O–H groups in total. The van der Waals surface area contributed by atoms with E-state index in [2.05, 4.69) is 10.6 Å². The lowest BCUT2D eigenvalue weighted by Gasteiger charge is -2.09. The number of rotatable bonds is 7. The average Bonchev–Trinajstić information content (AvgIpc) is 3.41. The van der Waals surface area contributed by atoms with Crippen LogP contribution in [0.1, 0.15) is 64.4 Å². The first kappa shape index (κ1) is 19.1. The van der Waals surface area contributed by atoms with E-state index in [1.54, 1.807) is 31.2 Å². The molecule has 1 fully saturated rings. The lowest BCUT2D eigenvalue weighted by atomic mass is 10.1. The van der Waals surface area contributed by atoms with Gasteiger partial charge in [-0.3, -0.25) is 9.59 Å². The number of carbonyl (C=O) groups is 3. The van der Waals surface area contributed by atoms with Crippen LogP contribution in [-0.2, 0) is 16.1 Å². The van der Waals surface area contributed by atoms with Gasteiger partial charge in [-0.1, -0.05) is 12.1 Å². The summed E-state index contributed by atoms with van der Waals surface area (Å²) in [6.45, 7) is 3.93. The molecule has 1 aliphatic carbocycles. The fourth-order valence-electron chi connectivity index (χ4n) is 2.75. The van der Waals surface area contributed by atoms with Crippen LogP contribution >= 0.6 is 11.3 Å². The van der Waals surface area contributed by atoms with Crippen molar-refractivity contribution >= 4 is 34.1 Å². The first-order valence-corrected chi connectivity index (χ1v) is 9.80. The maximum atomic E-state index is 12.6. The van der Waals surface area contributed by atoms with Crippen molar-refractivity contribution in [2.75, 3.05) is 11.9 Å². The summed E-state index contributed by atoms with van der Waals surface area (Å²) in [5, 5.41) is 8.03. The number of hydrogen-bond donors (Lipinski definition) is 2.